The summed E-state index contributed by atoms with van der Waals surface area (Å²) in [6.07, 6.45) is 4.85. The molecule has 2 rings (SSSR count). The lowest BCUT2D eigenvalue weighted by molar-refractivity contribution is -0.163. The van der Waals surface area contributed by atoms with Gasteiger partial charge in [0, 0.05) is 5.54 Å². The molecule has 1 N–H and O–H groups in total. The van der Waals surface area contributed by atoms with Crippen LogP contribution < -0.4 is 5.32 Å². The third kappa shape index (κ3) is 2.37. The summed E-state index contributed by atoms with van der Waals surface area (Å²) in [4.78, 5) is 27.0. The minimum absolute atomic E-state index is 0.0289. The molecule has 4 nitrogen and oxygen atoms in total. The lowest BCUT2D eigenvalue weighted by Gasteiger charge is -2.54. The average molecular weight is 266 g/mol. The molecule has 0 aromatic carbocycles. The predicted octanol–water partition coefficient (Wildman–Crippen LogP) is 2.08. The van der Waals surface area contributed by atoms with Gasteiger partial charge in [0.1, 0.15) is 12.1 Å². The fourth-order valence-electron chi connectivity index (χ4n) is 3.36. The van der Waals surface area contributed by atoms with Crippen LogP contribution in [0, 0.1) is 5.92 Å². The summed E-state index contributed by atoms with van der Waals surface area (Å²) in [6, 6.07) is -0.615. The summed E-state index contributed by atoms with van der Waals surface area (Å²) < 4.78 is 0. The molecular weight excluding hydrogens is 240 g/mol. The van der Waals surface area contributed by atoms with Gasteiger partial charge >= 0.3 is 0 Å². The normalized spacial score (nSPS) is 30.3. The highest BCUT2D eigenvalue weighted by atomic mass is 16.2. The zero-order valence-electron chi connectivity index (χ0n) is 12.5. The monoisotopic (exact) mass is 266 g/mol. The Bertz CT molecular complexity index is 374. The van der Waals surface area contributed by atoms with Gasteiger partial charge in [0.05, 0.1) is 0 Å². The third-order valence-electron chi connectivity index (χ3n) is 4.62. The smallest absolute Gasteiger partial charge is 0.246 e. The van der Waals surface area contributed by atoms with Crippen LogP contribution in [-0.2, 0) is 9.59 Å². The van der Waals surface area contributed by atoms with E-state index in [9.17, 15) is 9.59 Å². The summed E-state index contributed by atoms with van der Waals surface area (Å²) in [5, 5.41) is 2.92. The second kappa shape index (κ2) is 5.14. The van der Waals surface area contributed by atoms with Gasteiger partial charge in [-0.15, -0.1) is 0 Å². The van der Waals surface area contributed by atoms with E-state index in [1.807, 2.05) is 25.7 Å². The lowest BCUT2D eigenvalue weighted by atomic mass is 9.74. The zero-order valence-corrected chi connectivity index (χ0v) is 12.5. The number of hydrogen-bond acceptors (Lipinski definition) is 2. The Labute approximate surface area is 115 Å². The molecule has 2 amide bonds. The molecule has 1 aliphatic carbocycles. The third-order valence-corrected chi connectivity index (χ3v) is 4.62. The highest BCUT2D eigenvalue weighted by Crippen LogP contribution is 2.41. The Morgan fingerprint density at radius 2 is 2.00 bits per heavy atom. The van der Waals surface area contributed by atoms with Crippen molar-refractivity contribution in [2.75, 3.05) is 0 Å². The van der Waals surface area contributed by atoms with Crippen LogP contribution in [0.3, 0.4) is 0 Å². The van der Waals surface area contributed by atoms with Crippen LogP contribution >= 0.6 is 0 Å². The van der Waals surface area contributed by atoms with Crippen molar-refractivity contribution < 1.29 is 9.59 Å². The van der Waals surface area contributed by atoms with Gasteiger partial charge in [-0.2, -0.15) is 0 Å². The summed E-state index contributed by atoms with van der Waals surface area (Å²) in [5.74, 6) is 0.312. The van der Waals surface area contributed by atoms with Crippen LogP contribution in [0.4, 0.5) is 0 Å². The first-order chi connectivity index (χ1) is 8.90. The van der Waals surface area contributed by atoms with Crippen molar-refractivity contribution in [3.63, 3.8) is 0 Å². The summed E-state index contributed by atoms with van der Waals surface area (Å²) in [5.41, 5.74) is -0.101. The number of rotatable bonds is 4. The van der Waals surface area contributed by atoms with Crippen molar-refractivity contribution >= 4 is 11.8 Å². The van der Waals surface area contributed by atoms with Crippen molar-refractivity contribution in [2.24, 2.45) is 5.92 Å². The van der Waals surface area contributed by atoms with E-state index >= 15 is 0 Å². The first kappa shape index (κ1) is 14.4. The maximum atomic E-state index is 12.7. The molecule has 0 bridgehead atoms. The molecule has 2 unspecified atom stereocenters. The number of amides is 2. The highest BCUT2D eigenvalue weighted by Gasteiger charge is 2.51. The Kier molecular flexibility index (Phi) is 3.88. The number of piperazine rings is 1. The Morgan fingerprint density at radius 1 is 1.37 bits per heavy atom. The molecule has 0 aromatic heterocycles. The quantitative estimate of drug-likeness (QED) is 0.847. The Morgan fingerprint density at radius 3 is 2.42 bits per heavy atom. The van der Waals surface area contributed by atoms with Crippen LogP contribution in [0.15, 0.2) is 0 Å². The lowest BCUT2D eigenvalue weighted by Crippen LogP contribution is -2.71. The standard InChI is InChI=1S/C15H26N2O2/c1-5-7-11-14(19)17(15(4)8-6-9-15)12(10(2)3)13(18)16-11/h10-12H,5-9H2,1-4H3,(H,16,18). The molecule has 19 heavy (non-hydrogen) atoms. The van der Waals surface area contributed by atoms with Gasteiger partial charge < -0.3 is 10.2 Å². The molecule has 0 radical (unpaired) electrons. The van der Waals surface area contributed by atoms with Gasteiger partial charge in [0.25, 0.3) is 0 Å². The second-order valence-corrected chi connectivity index (χ2v) is 6.60. The van der Waals surface area contributed by atoms with Crippen molar-refractivity contribution in [1.29, 1.82) is 0 Å². The van der Waals surface area contributed by atoms with E-state index in [0.29, 0.717) is 0 Å². The van der Waals surface area contributed by atoms with Crippen LogP contribution in [0.25, 0.3) is 0 Å². The highest BCUT2D eigenvalue weighted by molar-refractivity contribution is 5.97. The number of nitrogens with zero attached hydrogens (tertiary/aromatic N) is 1. The summed E-state index contributed by atoms with van der Waals surface area (Å²) in [6.45, 7) is 8.22. The van der Waals surface area contributed by atoms with E-state index in [4.69, 9.17) is 0 Å². The van der Waals surface area contributed by atoms with E-state index in [2.05, 4.69) is 12.2 Å². The number of carbonyl (C=O) groups is 2. The van der Waals surface area contributed by atoms with Gasteiger partial charge in [-0.25, -0.2) is 0 Å². The number of carbonyl (C=O) groups excluding carboxylic acids is 2. The molecule has 4 heteroatoms. The SMILES string of the molecule is CCCC1NC(=O)C(C(C)C)N(C2(C)CCC2)C1=O. The molecule has 1 aliphatic heterocycles. The van der Waals surface area contributed by atoms with E-state index in [1.165, 1.54) is 0 Å². The molecule has 0 aromatic rings. The van der Waals surface area contributed by atoms with E-state index in [1.54, 1.807) is 0 Å². The van der Waals surface area contributed by atoms with Crippen molar-refractivity contribution in [3.05, 3.63) is 0 Å². The van der Waals surface area contributed by atoms with E-state index in [0.717, 1.165) is 32.1 Å². The fourth-order valence-corrected chi connectivity index (χ4v) is 3.36. The zero-order chi connectivity index (χ0) is 14.2. The Hall–Kier alpha value is -1.06. The molecule has 1 heterocycles. The van der Waals surface area contributed by atoms with Gasteiger partial charge in [-0.05, 0) is 38.5 Å². The first-order valence-electron chi connectivity index (χ1n) is 7.54. The minimum atomic E-state index is -0.315. The molecular formula is C15H26N2O2. The van der Waals surface area contributed by atoms with Crippen LogP contribution in [-0.4, -0.2) is 34.3 Å². The van der Waals surface area contributed by atoms with Gasteiger partial charge in [0.15, 0.2) is 0 Å². The Balaban J connectivity index is 2.30. The summed E-state index contributed by atoms with van der Waals surface area (Å²) in [7, 11) is 0. The molecule has 2 aliphatic rings. The van der Waals surface area contributed by atoms with Crippen LogP contribution in [0.2, 0.25) is 0 Å². The van der Waals surface area contributed by atoms with Crippen molar-refractivity contribution in [1.82, 2.24) is 10.2 Å². The van der Waals surface area contributed by atoms with Crippen LogP contribution in [0.1, 0.15) is 59.8 Å². The van der Waals surface area contributed by atoms with E-state index in [-0.39, 0.29) is 35.4 Å². The maximum Gasteiger partial charge on any atom is 0.246 e. The van der Waals surface area contributed by atoms with Gasteiger partial charge in [-0.3, -0.25) is 9.59 Å². The van der Waals surface area contributed by atoms with Crippen molar-refractivity contribution in [3.8, 4) is 0 Å². The first-order valence-corrected chi connectivity index (χ1v) is 7.54. The molecule has 108 valence electrons. The topological polar surface area (TPSA) is 49.4 Å². The molecule has 2 atom stereocenters. The predicted molar refractivity (Wildman–Crippen MR) is 74.6 cm³/mol. The largest absolute Gasteiger partial charge is 0.342 e. The average Bonchev–Trinajstić information content (AvgIpc) is 2.29. The minimum Gasteiger partial charge on any atom is -0.342 e. The molecule has 1 saturated carbocycles. The second-order valence-electron chi connectivity index (χ2n) is 6.60. The van der Waals surface area contributed by atoms with E-state index < -0.39 is 0 Å². The molecule has 2 fully saturated rings. The molecule has 1 saturated heterocycles. The maximum absolute atomic E-state index is 12.7. The fraction of sp³-hybridized carbons (Fsp3) is 0.867. The number of nitrogens with one attached hydrogen (secondary N) is 1. The van der Waals surface area contributed by atoms with Gasteiger partial charge in [0.2, 0.25) is 11.8 Å². The summed E-state index contributed by atoms with van der Waals surface area (Å²) >= 11 is 0. The molecule has 0 spiro atoms. The van der Waals surface area contributed by atoms with Crippen molar-refractivity contribution in [2.45, 2.75) is 77.4 Å². The van der Waals surface area contributed by atoms with Crippen LogP contribution in [0.5, 0.6) is 0 Å². The number of hydrogen-bond donors (Lipinski definition) is 1. The van der Waals surface area contributed by atoms with Gasteiger partial charge in [-0.1, -0.05) is 27.2 Å².